The smallest absolute Gasteiger partial charge is 0.338 e. The van der Waals surface area contributed by atoms with E-state index < -0.39 is 5.97 Å². The third-order valence-electron chi connectivity index (χ3n) is 1.57. The van der Waals surface area contributed by atoms with E-state index in [9.17, 15) is 4.79 Å². The molecule has 1 rings (SSSR count). The number of nitrogens with two attached hydrogens (primary N) is 1. The Labute approximate surface area is 83.9 Å². The number of carbonyl (C=O) groups is 1. The van der Waals surface area contributed by atoms with Crippen LogP contribution in [0.15, 0.2) is 16.7 Å². The van der Waals surface area contributed by atoms with Crippen LogP contribution in [0.2, 0.25) is 0 Å². The number of pyridine rings is 1. The monoisotopic (exact) mass is 244 g/mol. The first kappa shape index (κ1) is 10.1. The van der Waals surface area contributed by atoms with Crippen LogP contribution in [-0.4, -0.2) is 16.1 Å². The molecule has 1 aromatic rings. The molecular formula is C8H9BrN2O2. The van der Waals surface area contributed by atoms with Crippen molar-refractivity contribution in [3.8, 4) is 0 Å². The lowest BCUT2D eigenvalue weighted by molar-refractivity contribution is 0.0695. The first-order chi connectivity index (χ1) is 6.02. The molecule has 0 saturated carbocycles. The fourth-order valence-corrected chi connectivity index (χ4v) is 1.37. The van der Waals surface area contributed by atoms with Crippen LogP contribution >= 0.6 is 15.9 Å². The van der Waals surface area contributed by atoms with Gasteiger partial charge in [-0.3, -0.25) is 0 Å². The molecule has 3 N–H and O–H groups in total. The lowest BCUT2D eigenvalue weighted by Crippen LogP contribution is -2.09. The van der Waals surface area contributed by atoms with Crippen LogP contribution < -0.4 is 5.73 Å². The van der Waals surface area contributed by atoms with Gasteiger partial charge in [0.1, 0.15) is 4.60 Å². The minimum absolute atomic E-state index is 0.143. The van der Waals surface area contributed by atoms with Gasteiger partial charge in [-0.15, -0.1) is 0 Å². The zero-order valence-electron chi connectivity index (χ0n) is 6.99. The van der Waals surface area contributed by atoms with Crippen molar-refractivity contribution in [2.45, 2.75) is 13.0 Å². The zero-order valence-corrected chi connectivity index (χ0v) is 8.58. The highest BCUT2D eigenvalue weighted by Crippen LogP contribution is 2.17. The summed E-state index contributed by atoms with van der Waals surface area (Å²) in [5, 5.41) is 8.69. The summed E-state index contributed by atoms with van der Waals surface area (Å²) < 4.78 is 0.315. The second kappa shape index (κ2) is 3.85. The number of nitrogens with zero attached hydrogens (tertiary/aromatic N) is 1. The molecule has 4 nitrogen and oxygen atoms in total. The molecule has 0 amide bonds. The number of carboxylic acid groups (broad SMARTS) is 1. The van der Waals surface area contributed by atoms with E-state index in [4.69, 9.17) is 10.8 Å². The summed E-state index contributed by atoms with van der Waals surface area (Å²) in [7, 11) is 0. The van der Waals surface area contributed by atoms with Crippen LogP contribution in [0.25, 0.3) is 0 Å². The van der Waals surface area contributed by atoms with Gasteiger partial charge in [0.2, 0.25) is 0 Å². The molecule has 1 unspecified atom stereocenters. The molecule has 13 heavy (non-hydrogen) atoms. The maximum Gasteiger partial charge on any atom is 0.338 e. The van der Waals surface area contributed by atoms with Gasteiger partial charge in [-0.2, -0.15) is 0 Å². The molecule has 1 heterocycles. The highest BCUT2D eigenvalue weighted by Gasteiger charge is 2.11. The summed E-state index contributed by atoms with van der Waals surface area (Å²) in [5.74, 6) is -1.00. The Hall–Kier alpha value is -0.940. The van der Waals surface area contributed by atoms with E-state index in [1.165, 1.54) is 6.07 Å². The standard InChI is InChI=1S/C8H9BrN2O2/c1-4(10)6-3-2-5(8(12)13)7(9)11-6/h2-4H,10H2,1H3,(H,12,13). The number of halogens is 1. The van der Waals surface area contributed by atoms with Crippen molar-refractivity contribution in [1.82, 2.24) is 4.98 Å². The summed E-state index contributed by atoms with van der Waals surface area (Å²) in [6, 6.07) is 2.90. The van der Waals surface area contributed by atoms with Crippen LogP contribution in [0.5, 0.6) is 0 Å². The molecule has 0 fully saturated rings. The first-order valence-electron chi connectivity index (χ1n) is 3.67. The SMILES string of the molecule is CC(N)c1ccc(C(=O)O)c(Br)n1. The van der Waals surface area contributed by atoms with Gasteiger partial charge < -0.3 is 10.8 Å². The normalized spacial score (nSPS) is 12.5. The third-order valence-corrected chi connectivity index (χ3v) is 2.17. The highest BCUT2D eigenvalue weighted by molar-refractivity contribution is 9.10. The number of aromatic nitrogens is 1. The average molecular weight is 245 g/mol. The van der Waals surface area contributed by atoms with E-state index in [2.05, 4.69) is 20.9 Å². The van der Waals surface area contributed by atoms with E-state index in [0.717, 1.165) is 0 Å². The summed E-state index contributed by atoms with van der Waals surface area (Å²) in [5.41, 5.74) is 6.38. The van der Waals surface area contributed by atoms with E-state index in [1.807, 2.05) is 0 Å². The first-order valence-corrected chi connectivity index (χ1v) is 4.47. The maximum absolute atomic E-state index is 10.6. The maximum atomic E-state index is 10.6. The van der Waals surface area contributed by atoms with Crippen molar-refractivity contribution < 1.29 is 9.90 Å². The van der Waals surface area contributed by atoms with Gasteiger partial charge in [0.05, 0.1) is 11.3 Å². The molecule has 0 aliphatic rings. The topological polar surface area (TPSA) is 76.2 Å². The van der Waals surface area contributed by atoms with Crippen LogP contribution in [0.3, 0.4) is 0 Å². The van der Waals surface area contributed by atoms with Crippen molar-refractivity contribution >= 4 is 21.9 Å². The Morgan fingerprint density at radius 1 is 1.69 bits per heavy atom. The summed E-state index contributed by atoms with van der Waals surface area (Å²) in [4.78, 5) is 14.6. The number of hydrogen-bond acceptors (Lipinski definition) is 3. The van der Waals surface area contributed by atoms with E-state index in [1.54, 1.807) is 13.0 Å². The van der Waals surface area contributed by atoms with E-state index >= 15 is 0 Å². The Bertz CT molecular complexity index is 339. The molecule has 0 aliphatic heterocycles. The third kappa shape index (κ3) is 2.26. The molecule has 5 heteroatoms. The van der Waals surface area contributed by atoms with Crippen LogP contribution in [-0.2, 0) is 0 Å². The van der Waals surface area contributed by atoms with Crippen LogP contribution in [0.4, 0.5) is 0 Å². The fourth-order valence-electron chi connectivity index (χ4n) is 0.861. The van der Waals surface area contributed by atoms with Gasteiger partial charge >= 0.3 is 5.97 Å². The Balaban J connectivity index is 3.13. The molecule has 70 valence electrons. The lowest BCUT2D eigenvalue weighted by Gasteiger charge is -2.05. The molecule has 0 aliphatic carbocycles. The minimum Gasteiger partial charge on any atom is -0.478 e. The average Bonchev–Trinajstić information content (AvgIpc) is 2.03. The summed E-state index contributed by atoms with van der Waals surface area (Å²) >= 11 is 3.07. The fraction of sp³-hybridized carbons (Fsp3) is 0.250. The Morgan fingerprint density at radius 3 is 2.69 bits per heavy atom. The number of aromatic carboxylic acids is 1. The predicted octanol–water partition coefficient (Wildman–Crippen LogP) is 1.56. The van der Waals surface area contributed by atoms with Crippen molar-refractivity contribution in [1.29, 1.82) is 0 Å². The summed E-state index contributed by atoms with van der Waals surface area (Å²) in [6.45, 7) is 1.79. The van der Waals surface area contributed by atoms with Crippen molar-refractivity contribution in [2.24, 2.45) is 5.73 Å². The van der Waals surface area contributed by atoms with Crippen molar-refractivity contribution in [2.75, 3.05) is 0 Å². The van der Waals surface area contributed by atoms with Gasteiger partial charge in [-0.05, 0) is 35.0 Å². The number of carboxylic acids is 1. The lowest BCUT2D eigenvalue weighted by atomic mass is 10.2. The predicted molar refractivity (Wildman–Crippen MR) is 51.5 cm³/mol. The number of rotatable bonds is 2. The molecule has 0 spiro atoms. The highest BCUT2D eigenvalue weighted by atomic mass is 79.9. The van der Waals surface area contributed by atoms with Crippen LogP contribution in [0, 0.1) is 0 Å². The van der Waals surface area contributed by atoms with Crippen LogP contribution in [0.1, 0.15) is 29.0 Å². The quantitative estimate of drug-likeness (QED) is 0.775. The Kier molecular flexibility index (Phi) is 3.00. The van der Waals surface area contributed by atoms with Gasteiger partial charge in [-0.25, -0.2) is 9.78 Å². The molecule has 1 atom stereocenters. The van der Waals surface area contributed by atoms with Gasteiger partial charge in [0.15, 0.2) is 0 Å². The van der Waals surface area contributed by atoms with E-state index in [0.29, 0.717) is 10.3 Å². The minimum atomic E-state index is -1.00. The van der Waals surface area contributed by atoms with Gasteiger partial charge in [-0.1, -0.05) is 0 Å². The second-order valence-electron chi connectivity index (χ2n) is 2.67. The molecule has 0 saturated heterocycles. The molecule has 0 bridgehead atoms. The van der Waals surface area contributed by atoms with Crippen molar-refractivity contribution in [3.63, 3.8) is 0 Å². The van der Waals surface area contributed by atoms with E-state index in [-0.39, 0.29) is 11.6 Å². The Morgan fingerprint density at radius 2 is 2.31 bits per heavy atom. The largest absolute Gasteiger partial charge is 0.478 e. The molecule has 0 radical (unpaired) electrons. The number of hydrogen-bond donors (Lipinski definition) is 2. The van der Waals surface area contributed by atoms with Gasteiger partial charge in [0, 0.05) is 6.04 Å². The molecular weight excluding hydrogens is 236 g/mol. The molecule has 0 aromatic carbocycles. The summed E-state index contributed by atoms with van der Waals surface area (Å²) in [6.07, 6.45) is 0. The second-order valence-corrected chi connectivity index (χ2v) is 3.42. The zero-order chi connectivity index (χ0) is 10.0. The van der Waals surface area contributed by atoms with Crippen molar-refractivity contribution in [3.05, 3.63) is 28.0 Å². The molecule has 1 aromatic heterocycles. The van der Waals surface area contributed by atoms with Gasteiger partial charge in [0.25, 0.3) is 0 Å².